The second-order valence-electron chi connectivity index (χ2n) is 4.32. The maximum Gasteiger partial charge on any atom is 0.220 e. The Morgan fingerprint density at radius 1 is 1.27 bits per heavy atom. The highest BCUT2D eigenvalue weighted by Gasteiger charge is 2.15. The molecule has 0 saturated heterocycles. The van der Waals surface area contributed by atoms with Crippen LogP contribution in [0.5, 0.6) is 0 Å². The lowest BCUT2D eigenvalue weighted by molar-refractivity contribution is -0.122. The molecule has 0 aromatic rings. The minimum Gasteiger partial charge on any atom is -0.393 e. The molecule has 0 aliphatic heterocycles. The van der Waals surface area contributed by atoms with Crippen molar-refractivity contribution in [1.29, 1.82) is 0 Å². The SMILES string of the molecule is CCC(CC)C(C)NC(=O)CCC(C)O. The molecule has 0 fully saturated rings. The average Bonchev–Trinajstić information content (AvgIpc) is 2.16. The van der Waals surface area contributed by atoms with Crippen LogP contribution >= 0.6 is 0 Å². The van der Waals surface area contributed by atoms with Gasteiger partial charge in [-0.25, -0.2) is 0 Å². The molecule has 0 aromatic heterocycles. The summed E-state index contributed by atoms with van der Waals surface area (Å²) in [4.78, 5) is 11.5. The monoisotopic (exact) mass is 215 g/mol. The van der Waals surface area contributed by atoms with Crippen molar-refractivity contribution in [3.8, 4) is 0 Å². The van der Waals surface area contributed by atoms with Crippen LogP contribution in [-0.4, -0.2) is 23.2 Å². The molecule has 3 nitrogen and oxygen atoms in total. The van der Waals surface area contributed by atoms with Gasteiger partial charge in [0.15, 0.2) is 0 Å². The molecular weight excluding hydrogens is 190 g/mol. The number of amides is 1. The molecule has 2 unspecified atom stereocenters. The van der Waals surface area contributed by atoms with E-state index in [1.165, 1.54) is 0 Å². The highest BCUT2D eigenvalue weighted by atomic mass is 16.3. The molecule has 15 heavy (non-hydrogen) atoms. The van der Waals surface area contributed by atoms with Crippen molar-refractivity contribution in [1.82, 2.24) is 5.32 Å². The number of carbonyl (C=O) groups is 1. The summed E-state index contributed by atoms with van der Waals surface area (Å²) in [5.41, 5.74) is 0. The Kier molecular flexibility index (Phi) is 7.39. The second-order valence-corrected chi connectivity index (χ2v) is 4.32. The predicted molar refractivity (Wildman–Crippen MR) is 62.6 cm³/mol. The first kappa shape index (κ1) is 14.4. The summed E-state index contributed by atoms with van der Waals surface area (Å²) in [7, 11) is 0. The summed E-state index contributed by atoms with van der Waals surface area (Å²) in [6.07, 6.45) is 2.76. The third kappa shape index (κ3) is 6.50. The first-order chi connectivity index (χ1) is 7.01. The summed E-state index contributed by atoms with van der Waals surface area (Å²) in [6, 6.07) is 0.237. The second kappa shape index (κ2) is 7.69. The van der Waals surface area contributed by atoms with Gasteiger partial charge in [-0.2, -0.15) is 0 Å². The van der Waals surface area contributed by atoms with E-state index < -0.39 is 0 Å². The lowest BCUT2D eigenvalue weighted by atomic mass is 9.95. The number of hydrogen-bond donors (Lipinski definition) is 2. The van der Waals surface area contributed by atoms with Gasteiger partial charge in [-0.1, -0.05) is 26.7 Å². The number of aliphatic hydroxyl groups is 1. The average molecular weight is 215 g/mol. The van der Waals surface area contributed by atoms with Gasteiger partial charge in [0.1, 0.15) is 0 Å². The zero-order valence-electron chi connectivity index (χ0n) is 10.4. The van der Waals surface area contributed by atoms with E-state index in [1.807, 2.05) is 0 Å². The Labute approximate surface area is 93.3 Å². The van der Waals surface area contributed by atoms with Gasteiger partial charge in [0.05, 0.1) is 6.10 Å². The van der Waals surface area contributed by atoms with Crippen LogP contribution in [0.15, 0.2) is 0 Å². The molecule has 3 heteroatoms. The van der Waals surface area contributed by atoms with Crippen LogP contribution in [0.2, 0.25) is 0 Å². The normalized spacial score (nSPS) is 15.1. The van der Waals surface area contributed by atoms with E-state index in [4.69, 9.17) is 5.11 Å². The zero-order chi connectivity index (χ0) is 11.8. The van der Waals surface area contributed by atoms with Crippen molar-refractivity contribution in [2.75, 3.05) is 0 Å². The summed E-state index contributed by atoms with van der Waals surface area (Å²) >= 11 is 0. The molecule has 90 valence electrons. The minimum atomic E-state index is -0.390. The third-order valence-electron chi connectivity index (χ3n) is 2.93. The van der Waals surface area contributed by atoms with Gasteiger partial charge in [0.2, 0.25) is 5.91 Å². The Hall–Kier alpha value is -0.570. The van der Waals surface area contributed by atoms with Gasteiger partial charge in [-0.15, -0.1) is 0 Å². The Morgan fingerprint density at radius 3 is 2.20 bits per heavy atom. The van der Waals surface area contributed by atoms with E-state index in [0.29, 0.717) is 18.8 Å². The standard InChI is InChI=1S/C12H25NO2/c1-5-11(6-2)10(4)13-12(15)8-7-9(3)14/h9-11,14H,5-8H2,1-4H3,(H,13,15). The number of aliphatic hydroxyl groups excluding tert-OH is 1. The first-order valence-corrected chi connectivity index (χ1v) is 5.98. The fourth-order valence-corrected chi connectivity index (χ4v) is 1.78. The molecule has 0 saturated carbocycles. The Bertz CT molecular complexity index is 176. The quantitative estimate of drug-likeness (QED) is 0.683. The van der Waals surface area contributed by atoms with Crippen LogP contribution in [0, 0.1) is 5.92 Å². The van der Waals surface area contributed by atoms with Crippen LogP contribution in [-0.2, 0) is 4.79 Å². The number of rotatable bonds is 7. The fraction of sp³-hybridized carbons (Fsp3) is 0.917. The molecule has 0 heterocycles. The number of hydrogen-bond acceptors (Lipinski definition) is 2. The molecule has 0 aliphatic carbocycles. The third-order valence-corrected chi connectivity index (χ3v) is 2.93. The van der Waals surface area contributed by atoms with Gasteiger partial charge in [0, 0.05) is 12.5 Å². The van der Waals surface area contributed by atoms with Gasteiger partial charge in [-0.05, 0) is 26.2 Å². The molecule has 1 amide bonds. The van der Waals surface area contributed by atoms with E-state index >= 15 is 0 Å². The maximum atomic E-state index is 11.5. The summed E-state index contributed by atoms with van der Waals surface area (Å²) in [6.45, 7) is 8.05. The molecule has 0 bridgehead atoms. The lowest BCUT2D eigenvalue weighted by Crippen LogP contribution is -2.37. The van der Waals surface area contributed by atoms with Crippen molar-refractivity contribution in [2.45, 2.75) is 65.5 Å². The van der Waals surface area contributed by atoms with Crippen LogP contribution in [0.1, 0.15) is 53.4 Å². The summed E-state index contributed by atoms with van der Waals surface area (Å²) in [5, 5.41) is 12.0. The molecule has 0 spiro atoms. The lowest BCUT2D eigenvalue weighted by Gasteiger charge is -2.22. The molecule has 0 radical (unpaired) electrons. The molecular formula is C12H25NO2. The van der Waals surface area contributed by atoms with Crippen molar-refractivity contribution in [2.24, 2.45) is 5.92 Å². The Balaban J connectivity index is 3.84. The van der Waals surface area contributed by atoms with Crippen LogP contribution in [0.3, 0.4) is 0 Å². The van der Waals surface area contributed by atoms with Crippen LogP contribution in [0.25, 0.3) is 0 Å². The highest BCUT2D eigenvalue weighted by molar-refractivity contribution is 5.76. The van der Waals surface area contributed by atoms with Gasteiger partial charge < -0.3 is 10.4 Å². The molecule has 2 atom stereocenters. The van der Waals surface area contributed by atoms with E-state index in [1.54, 1.807) is 6.92 Å². The van der Waals surface area contributed by atoms with Crippen molar-refractivity contribution >= 4 is 5.91 Å². The largest absolute Gasteiger partial charge is 0.393 e. The number of carbonyl (C=O) groups excluding carboxylic acids is 1. The van der Waals surface area contributed by atoms with E-state index in [9.17, 15) is 4.79 Å². The molecule has 0 aromatic carbocycles. The van der Waals surface area contributed by atoms with Gasteiger partial charge in [0.25, 0.3) is 0 Å². The van der Waals surface area contributed by atoms with Crippen LogP contribution in [0.4, 0.5) is 0 Å². The van der Waals surface area contributed by atoms with Gasteiger partial charge >= 0.3 is 0 Å². The highest BCUT2D eigenvalue weighted by Crippen LogP contribution is 2.12. The van der Waals surface area contributed by atoms with Crippen molar-refractivity contribution in [3.63, 3.8) is 0 Å². The number of nitrogens with one attached hydrogen (secondary N) is 1. The fourth-order valence-electron chi connectivity index (χ4n) is 1.78. The Morgan fingerprint density at radius 2 is 1.80 bits per heavy atom. The summed E-state index contributed by atoms with van der Waals surface area (Å²) < 4.78 is 0. The van der Waals surface area contributed by atoms with Crippen molar-refractivity contribution < 1.29 is 9.90 Å². The topological polar surface area (TPSA) is 49.3 Å². The summed E-state index contributed by atoms with van der Waals surface area (Å²) in [5.74, 6) is 0.607. The molecule has 0 aliphatic rings. The molecule has 2 N–H and O–H groups in total. The van der Waals surface area contributed by atoms with E-state index in [0.717, 1.165) is 12.8 Å². The predicted octanol–water partition coefficient (Wildman–Crippen LogP) is 2.09. The maximum absolute atomic E-state index is 11.5. The zero-order valence-corrected chi connectivity index (χ0v) is 10.4. The van der Waals surface area contributed by atoms with Crippen LogP contribution < -0.4 is 5.32 Å². The van der Waals surface area contributed by atoms with E-state index in [-0.39, 0.29) is 18.1 Å². The van der Waals surface area contributed by atoms with E-state index in [2.05, 4.69) is 26.1 Å². The first-order valence-electron chi connectivity index (χ1n) is 5.98. The minimum absolute atomic E-state index is 0.0512. The van der Waals surface area contributed by atoms with Crippen molar-refractivity contribution in [3.05, 3.63) is 0 Å². The molecule has 0 rings (SSSR count). The smallest absolute Gasteiger partial charge is 0.220 e. The van der Waals surface area contributed by atoms with Gasteiger partial charge in [-0.3, -0.25) is 4.79 Å².